The van der Waals surface area contributed by atoms with Gasteiger partial charge in [-0.1, -0.05) is 32.9 Å². The lowest BCUT2D eigenvalue weighted by Crippen LogP contribution is -2.28. The van der Waals surface area contributed by atoms with Gasteiger partial charge in [-0.15, -0.1) is 4.40 Å². The molecule has 0 atom stereocenters. The second-order valence-electron chi connectivity index (χ2n) is 6.91. The summed E-state index contributed by atoms with van der Waals surface area (Å²) in [6.45, 7) is 6.25. The highest BCUT2D eigenvalue weighted by Gasteiger charge is 2.27. The fraction of sp³-hybridized carbons (Fsp3) is 0.529. The summed E-state index contributed by atoms with van der Waals surface area (Å²) in [6.07, 6.45) is 1.85. The van der Waals surface area contributed by atoms with E-state index in [2.05, 4.69) is 4.40 Å². The van der Waals surface area contributed by atoms with Gasteiger partial charge in [0.15, 0.2) is 0 Å². The fourth-order valence-electron chi connectivity index (χ4n) is 2.76. The maximum absolute atomic E-state index is 11.9. The zero-order valence-electron chi connectivity index (χ0n) is 14.3. The predicted octanol–water partition coefficient (Wildman–Crippen LogP) is 2.40. The first-order chi connectivity index (χ1) is 11.1. The van der Waals surface area contributed by atoms with Crippen molar-refractivity contribution < 1.29 is 17.9 Å². The van der Waals surface area contributed by atoms with E-state index in [4.69, 9.17) is 10.5 Å². The number of carbonyl (C=O) groups is 1. The van der Waals surface area contributed by atoms with Crippen molar-refractivity contribution in [3.05, 3.63) is 29.3 Å². The van der Waals surface area contributed by atoms with Crippen molar-refractivity contribution in [3.8, 4) is 5.75 Å². The Kier molecular flexibility index (Phi) is 5.32. The Morgan fingerprint density at radius 3 is 2.75 bits per heavy atom. The standard InChI is InChI=1S/C17H24N2O4S/c1-4-6-13(20)9-17(2,3)11-23-14-8-5-7-12-10-24(21,22)19-16(18)15(12)14/h5,7-8H,4,6,9-11H2,1-3H3,(H2,18,19). The van der Waals surface area contributed by atoms with Crippen molar-refractivity contribution in [2.24, 2.45) is 15.5 Å². The van der Waals surface area contributed by atoms with Crippen molar-refractivity contribution in [2.45, 2.75) is 45.8 Å². The molecule has 1 aliphatic rings. The molecule has 7 heteroatoms. The first kappa shape index (κ1) is 18.4. The summed E-state index contributed by atoms with van der Waals surface area (Å²) in [7, 11) is -3.56. The Bertz CT molecular complexity index is 767. The first-order valence-corrected chi connectivity index (χ1v) is 9.59. The lowest BCUT2D eigenvalue weighted by molar-refractivity contribution is -0.121. The molecule has 0 bridgehead atoms. The van der Waals surface area contributed by atoms with Crippen LogP contribution in [-0.4, -0.2) is 26.6 Å². The Morgan fingerprint density at radius 1 is 1.38 bits per heavy atom. The Morgan fingerprint density at radius 2 is 2.08 bits per heavy atom. The zero-order valence-corrected chi connectivity index (χ0v) is 15.1. The molecule has 1 heterocycles. The number of ketones is 1. The summed E-state index contributed by atoms with van der Waals surface area (Å²) in [5.74, 6) is 0.484. The Hall–Kier alpha value is -1.89. The smallest absolute Gasteiger partial charge is 0.259 e. The minimum Gasteiger partial charge on any atom is -0.492 e. The van der Waals surface area contributed by atoms with Crippen LogP contribution in [0.2, 0.25) is 0 Å². The lowest BCUT2D eigenvalue weighted by atomic mass is 9.87. The van der Waals surface area contributed by atoms with E-state index >= 15 is 0 Å². The van der Waals surface area contributed by atoms with Crippen molar-refractivity contribution in [3.63, 3.8) is 0 Å². The third kappa shape index (κ3) is 4.56. The zero-order chi connectivity index (χ0) is 18.0. The van der Waals surface area contributed by atoms with Crippen LogP contribution in [0.1, 0.15) is 51.2 Å². The van der Waals surface area contributed by atoms with E-state index in [1.54, 1.807) is 18.2 Å². The van der Waals surface area contributed by atoms with Crippen LogP contribution in [0.15, 0.2) is 22.6 Å². The monoisotopic (exact) mass is 352 g/mol. The van der Waals surface area contributed by atoms with Crippen molar-refractivity contribution in [1.82, 2.24) is 0 Å². The molecule has 132 valence electrons. The van der Waals surface area contributed by atoms with Gasteiger partial charge in [0.1, 0.15) is 17.4 Å². The van der Waals surface area contributed by atoms with E-state index < -0.39 is 10.0 Å². The van der Waals surface area contributed by atoms with Crippen LogP contribution >= 0.6 is 0 Å². The topological polar surface area (TPSA) is 98.8 Å². The number of nitrogens with two attached hydrogens (primary N) is 1. The number of hydrogen-bond acceptors (Lipinski definition) is 5. The molecule has 1 aromatic rings. The highest BCUT2D eigenvalue weighted by molar-refractivity contribution is 7.89. The van der Waals surface area contributed by atoms with Crippen molar-refractivity contribution in [1.29, 1.82) is 0 Å². The molecule has 2 rings (SSSR count). The number of Topliss-reactive ketones (excluding diaryl/α,β-unsaturated/α-hetero) is 1. The summed E-state index contributed by atoms with van der Waals surface area (Å²) in [4.78, 5) is 11.9. The van der Waals surface area contributed by atoms with Crippen LogP contribution in [-0.2, 0) is 20.6 Å². The van der Waals surface area contributed by atoms with Gasteiger partial charge in [0, 0.05) is 18.3 Å². The van der Waals surface area contributed by atoms with E-state index in [0.717, 1.165) is 6.42 Å². The van der Waals surface area contributed by atoms with Gasteiger partial charge in [-0.3, -0.25) is 4.79 Å². The number of sulfonamides is 1. The summed E-state index contributed by atoms with van der Waals surface area (Å²) in [5, 5.41) is 0. The maximum atomic E-state index is 11.9. The normalized spacial score (nSPS) is 16.2. The second kappa shape index (κ2) is 6.93. The van der Waals surface area contributed by atoms with Crippen LogP contribution < -0.4 is 10.5 Å². The largest absolute Gasteiger partial charge is 0.492 e. The molecule has 0 saturated carbocycles. The molecule has 1 aromatic carbocycles. The number of rotatable bonds is 7. The molecule has 0 unspecified atom stereocenters. The molecule has 0 spiro atoms. The van der Waals surface area contributed by atoms with Gasteiger partial charge < -0.3 is 10.5 Å². The van der Waals surface area contributed by atoms with E-state index in [0.29, 0.717) is 36.3 Å². The molecule has 0 radical (unpaired) electrons. The third-order valence-electron chi connectivity index (χ3n) is 3.77. The van der Waals surface area contributed by atoms with Gasteiger partial charge >= 0.3 is 0 Å². The van der Waals surface area contributed by atoms with E-state index in [9.17, 15) is 13.2 Å². The molecule has 24 heavy (non-hydrogen) atoms. The van der Waals surface area contributed by atoms with Crippen LogP contribution in [0.25, 0.3) is 0 Å². The molecular formula is C17H24N2O4S. The van der Waals surface area contributed by atoms with Gasteiger partial charge in [-0.25, -0.2) is 8.42 Å². The van der Waals surface area contributed by atoms with Gasteiger partial charge in [0.05, 0.1) is 17.9 Å². The number of amidine groups is 1. The van der Waals surface area contributed by atoms with Crippen LogP contribution in [0, 0.1) is 5.41 Å². The van der Waals surface area contributed by atoms with Crippen LogP contribution in [0.3, 0.4) is 0 Å². The first-order valence-electron chi connectivity index (χ1n) is 7.98. The Labute approximate surface area is 143 Å². The average Bonchev–Trinajstić information content (AvgIpc) is 2.43. The summed E-state index contributed by atoms with van der Waals surface area (Å²) >= 11 is 0. The van der Waals surface area contributed by atoms with Gasteiger partial charge in [-0.2, -0.15) is 0 Å². The summed E-state index contributed by atoms with van der Waals surface area (Å²) < 4.78 is 32.8. The molecule has 0 aliphatic carbocycles. The number of carbonyl (C=O) groups excluding carboxylic acids is 1. The summed E-state index contributed by atoms with van der Waals surface area (Å²) in [5.41, 5.74) is 6.62. The number of nitrogens with zero attached hydrogens (tertiary/aromatic N) is 1. The molecule has 0 saturated heterocycles. The number of hydrogen-bond donors (Lipinski definition) is 1. The molecule has 0 fully saturated rings. The van der Waals surface area contributed by atoms with Crippen molar-refractivity contribution in [2.75, 3.05) is 6.61 Å². The lowest BCUT2D eigenvalue weighted by Gasteiger charge is -2.25. The minimum absolute atomic E-state index is 0.0493. The van der Waals surface area contributed by atoms with Gasteiger partial charge in [0.25, 0.3) is 10.0 Å². The highest BCUT2D eigenvalue weighted by Crippen LogP contribution is 2.30. The Balaban J connectivity index is 2.16. The maximum Gasteiger partial charge on any atom is 0.259 e. The summed E-state index contributed by atoms with van der Waals surface area (Å²) in [6, 6.07) is 5.18. The fourth-order valence-corrected chi connectivity index (χ4v) is 3.85. The predicted molar refractivity (Wildman–Crippen MR) is 93.6 cm³/mol. The quantitative estimate of drug-likeness (QED) is 0.812. The van der Waals surface area contributed by atoms with E-state index in [-0.39, 0.29) is 22.8 Å². The molecule has 1 aliphatic heterocycles. The second-order valence-corrected chi connectivity index (χ2v) is 8.55. The molecule has 0 aromatic heterocycles. The van der Waals surface area contributed by atoms with Crippen LogP contribution in [0.5, 0.6) is 5.75 Å². The average molecular weight is 352 g/mol. The molecule has 0 amide bonds. The number of fused-ring (bicyclic) bond motifs is 1. The van der Waals surface area contributed by atoms with E-state index in [1.807, 2.05) is 20.8 Å². The molecular weight excluding hydrogens is 328 g/mol. The molecule has 2 N–H and O–H groups in total. The number of benzene rings is 1. The minimum atomic E-state index is -3.56. The van der Waals surface area contributed by atoms with Gasteiger partial charge in [-0.05, 0) is 18.1 Å². The highest BCUT2D eigenvalue weighted by atomic mass is 32.2. The third-order valence-corrected chi connectivity index (χ3v) is 4.92. The SMILES string of the molecule is CCCC(=O)CC(C)(C)COc1cccc2c1C(N)=NS(=O)(=O)C2. The van der Waals surface area contributed by atoms with Crippen LogP contribution in [0.4, 0.5) is 0 Å². The number of ether oxygens (including phenoxy) is 1. The van der Waals surface area contributed by atoms with E-state index in [1.165, 1.54) is 0 Å². The van der Waals surface area contributed by atoms with Gasteiger partial charge in [0.2, 0.25) is 0 Å². The van der Waals surface area contributed by atoms with Crippen molar-refractivity contribution >= 4 is 21.6 Å². The molecule has 6 nitrogen and oxygen atoms in total.